The molecule has 2 heterocycles. The van der Waals surface area contributed by atoms with Gasteiger partial charge in [0.25, 0.3) is 0 Å². The average molecular weight is 313 g/mol. The average Bonchev–Trinajstić information content (AvgIpc) is 2.80. The first-order valence-electron chi connectivity index (χ1n) is 6.52. The standard InChI is InChI=1S/C13H21BrN4/c1-10(9-18-4-2-3-5-18)7-16-13-12(15)6-11(14)8-17-13/h6,8,10H,2-5,7,9,15H2,1H3,(H,16,17). The first kappa shape index (κ1) is 13.6. The van der Waals surface area contributed by atoms with E-state index >= 15 is 0 Å². The number of nitrogen functional groups attached to an aromatic ring is 1. The van der Waals surface area contributed by atoms with Gasteiger partial charge in [-0.2, -0.15) is 0 Å². The van der Waals surface area contributed by atoms with Gasteiger partial charge in [-0.3, -0.25) is 0 Å². The van der Waals surface area contributed by atoms with Crippen LogP contribution in [0, 0.1) is 5.92 Å². The van der Waals surface area contributed by atoms with E-state index in [0.717, 1.165) is 23.4 Å². The normalized spacial score (nSPS) is 17.9. The predicted molar refractivity (Wildman–Crippen MR) is 79.7 cm³/mol. The fourth-order valence-corrected chi connectivity index (χ4v) is 2.69. The lowest BCUT2D eigenvalue weighted by Crippen LogP contribution is -2.29. The molecule has 100 valence electrons. The van der Waals surface area contributed by atoms with Crippen molar-refractivity contribution in [3.05, 3.63) is 16.7 Å². The molecule has 0 aromatic carbocycles. The van der Waals surface area contributed by atoms with Gasteiger partial charge in [0.1, 0.15) is 5.82 Å². The minimum absolute atomic E-state index is 0.605. The van der Waals surface area contributed by atoms with Crippen LogP contribution in [0.3, 0.4) is 0 Å². The van der Waals surface area contributed by atoms with Crippen molar-refractivity contribution < 1.29 is 0 Å². The molecule has 4 nitrogen and oxygen atoms in total. The van der Waals surface area contributed by atoms with Gasteiger partial charge in [-0.25, -0.2) is 4.98 Å². The molecule has 2 rings (SSSR count). The molecule has 1 aliphatic heterocycles. The lowest BCUT2D eigenvalue weighted by molar-refractivity contribution is 0.294. The van der Waals surface area contributed by atoms with E-state index in [1.54, 1.807) is 6.20 Å². The molecule has 0 bridgehead atoms. The van der Waals surface area contributed by atoms with Gasteiger partial charge >= 0.3 is 0 Å². The number of likely N-dealkylation sites (tertiary alicyclic amines) is 1. The van der Waals surface area contributed by atoms with Crippen LogP contribution in [0.4, 0.5) is 11.5 Å². The minimum Gasteiger partial charge on any atom is -0.396 e. The van der Waals surface area contributed by atoms with Crippen molar-refractivity contribution in [2.75, 3.05) is 37.2 Å². The van der Waals surface area contributed by atoms with E-state index in [1.165, 1.54) is 25.9 Å². The lowest BCUT2D eigenvalue weighted by atomic mass is 10.1. The summed E-state index contributed by atoms with van der Waals surface area (Å²) in [6, 6.07) is 1.88. The van der Waals surface area contributed by atoms with E-state index in [1.807, 2.05) is 6.07 Å². The van der Waals surface area contributed by atoms with E-state index in [4.69, 9.17) is 5.73 Å². The maximum atomic E-state index is 5.91. The molecule has 1 aliphatic rings. The molecule has 5 heteroatoms. The van der Waals surface area contributed by atoms with Gasteiger partial charge in [-0.05, 0) is 53.8 Å². The van der Waals surface area contributed by atoms with E-state index in [2.05, 4.69) is 38.1 Å². The number of nitrogens with zero attached hydrogens (tertiary/aromatic N) is 2. The Bertz CT molecular complexity index is 391. The van der Waals surface area contributed by atoms with Gasteiger partial charge in [-0.15, -0.1) is 0 Å². The van der Waals surface area contributed by atoms with Crippen LogP contribution in [0.15, 0.2) is 16.7 Å². The molecule has 3 N–H and O–H groups in total. The fraction of sp³-hybridized carbons (Fsp3) is 0.615. The third-order valence-electron chi connectivity index (χ3n) is 3.27. The van der Waals surface area contributed by atoms with E-state index in [-0.39, 0.29) is 0 Å². The second kappa shape index (κ2) is 6.38. The quantitative estimate of drug-likeness (QED) is 0.877. The summed E-state index contributed by atoms with van der Waals surface area (Å²) in [5, 5.41) is 3.33. The number of nitrogens with two attached hydrogens (primary N) is 1. The summed E-state index contributed by atoms with van der Waals surface area (Å²) in [6.07, 6.45) is 4.46. The van der Waals surface area contributed by atoms with Crippen LogP contribution in [0.1, 0.15) is 19.8 Å². The monoisotopic (exact) mass is 312 g/mol. The Morgan fingerprint density at radius 1 is 1.50 bits per heavy atom. The third kappa shape index (κ3) is 3.85. The summed E-state index contributed by atoms with van der Waals surface area (Å²) in [5.74, 6) is 1.39. The molecule has 18 heavy (non-hydrogen) atoms. The smallest absolute Gasteiger partial charge is 0.149 e. The highest BCUT2D eigenvalue weighted by molar-refractivity contribution is 9.10. The van der Waals surface area contributed by atoms with Gasteiger partial charge in [0.15, 0.2) is 0 Å². The van der Waals surface area contributed by atoms with Crippen LogP contribution in [0.25, 0.3) is 0 Å². The van der Waals surface area contributed by atoms with Crippen LogP contribution in [0.2, 0.25) is 0 Å². The van der Waals surface area contributed by atoms with Gasteiger partial charge < -0.3 is 16.0 Å². The summed E-state index contributed by atoms with van der Waals surface area (Å²) in [5.41, 5.74) is 6.60. The molecule has 0 aliphatic carbocycles. The zero-order valence-electron chi connectivity index (χ0n) is 10.8. The zero-order valence-corrected chi connectivity index (χ0v) is 12.4. The van der Waals surface area contributed by atoms with Gasteiger partial charge in [0.2, 0.25) is 0 Å². The summed E-state index contributed by atoms with van der Waals surface area (Å²) < 4.78 is 0.913. The molecule has 0 spiro atoms. The number of halogens is 1. The van der Waals surface area contributed by atoms with Gasteiger partial charge in [0.05, 0.1) is 5.69 Å². The molecule has 0 saturated carbocycles. The Labute approximate surface area is 117 Å². The highest BCUT2D eigenvalue weighted by Crippen LogP contribution is 2.20. The van der Waals surface area contributed by atoms with Crippen molar-refractivity contribution in [2.45, 2.75) is 19.8 Å². The molecule has 0 radical (unpaired) electrons. The van der Waals surface area contributed by atoms with Crippen molar-refractivity contribution in [1.82, 2.24) is 9.88 Å². The Hall–Kier alpha value is -0.810. The van der Waals surface area contributed by atoms with Gasteiger partial charge in [0, 0.05) is 23.8 Å². The highest BCUT2D eigenvalue weighted by Gasteiger charge is 2.14. The van der Waals surface area contributed by atoms with E-state index in [9.17, 15) is 0 Å². The molecule has 1 aromatic rings. The molecule has 1 atom stereocenters. The number of nitrogens with one attached hydrogen (secondary N) is 1. The number of pyridine rings is 1. The summed E-state index contributed by atoms with van der Waals surface area (Å²) in [6.45, 7) is 6.84. The molecular weight excluding hydrogens is 292 g/mol. The van der Waals surface area contributed by atoms with Crippen LogP contribution in [-0.4, -0.2) is 36.1 Å². The SMILES string of the molecule is CC(CNc1ncc(Br)cc1N)CN1CCCC1. The van der Waals surface area contributed by atoms with Crippen molar-refractivity contribution in [3.63, 3.8) is 0 Å². The highest BCUT2D eigenvalue weighted by atomic mass is 79.9. The summed E-state index contributed by atoms with van der Waals surface area (Å²) in [4.78, 5) is 6.82. The Kier molecular flexibility index (Phi) is 4.83. The fourth-order valence-electron chi connectivity index (χ4n) is 2.34. The molecule has 0 amide bonds. The maximum absolute atomic E-state index is 5.91. The largest absolute Gasteiger partial charge is 0.396 e. The van der Waals surface area contributed by atoms with Crippen LogP contribution in [0.5, 0.6) is 0 Å². The topological polar surface area (TPSA) is 54.2 Å². The minimum atomic E-state index is 0.605. The van der Waals surface area contributed by atoms with Crippen molar-refractivity contribution in [1.29, 1.82) is 0 Å². The van der Waals surface area contributed by atoms with Crippen molar-refractivity contribution in [3.8, 4) is 0 Å². The molecule has 1 saturated heterocycles. The molecule has 1 fully saturated rings. The Morgan fingerprint density at radius 2 is 2.22 bits per heavy atom. The predicted octanol–water partition coefficient (Wildman–Crippen LogP) is 2.57. The van der Waals surface area contributed by atoms with Gasteiger partial charge in [-0.1, -0.05) is 6.92 Å². The first-order valence-corrected chi connectivity index (χ1v) is 7.31. The second-order valence-electron chi connectivity index (χ2n) is 5.09. The van der Waals surface area contributed by atoms with Crippen molar-refractivity contribution in [2.24, 2.45) is 5.92 Å². The zero-order chi connectivity index (χ0) is 13.0. The lowest BCUT2D eigenvalue weighted by Gasteiger charge is -2.21. The number of hydrogen-bond acceptors (Lipinski definition) is 4. The third-order valence-corrected chi connectivity index (χ3v) is 3.70. The van der Waals surface area contributed by atoms with Crippen LogP contribution >= 0.6 is 15.9 Å². The van der Waals surface area contributed by atoms with Crippen LogP contribution < -0.4 is 11.1 Å². The van der Waals surface area contributed by atoms with E-state index in [0.29, 0.717) is 11.6 Å². The Morgan fingerprint density at radius 3 is 2.89 bits per heavy atom. The number of hydrogen-bond donors (Lipinski definition) is 2. The molecular formula is C13H21BrN4. The maximum Gasteiger partial charge on any atom is 0.149 e. The second-order valence-corrected chi connectivity index (χ2v) is 6.00. The summed E-state index contributed by atoms with van der Waals surface area (Å²) in [7, 11) is 0. The van der Waals surface area contributed by atoms with Crippen LogP contribution in [-0.2, 0) is 0 Å². The molecule has 1 aromatic heterocycles. The molecule has 1 unspecified atom stereocenters. The number of anilines is 2. The van der Waals surface area contributed by atoms with Crippen molar-refractivity contribution >= 4 is 27.4 Å². The van der Waals surface area contributed by atoms with E-state index < -0.39 is 0 Å². The summed E-state index contributed by atoms with van der Waals surface area (Å²) >= 11 is 3.36. The number of rotatable bonds is 5. The first-order chi connectivity index (χ1) is 8.65. The Balaban J connectivity index is 1.79. The number of aromatic nitrogens is 1.